The molecule has 0 fully saturated rings. The summed E-state index contributed by atoms with van der Waals surface area (Å²) in [6, 6.07) is 19.3. The first-order chi connectivity index (χ1) is 15.9. The fourth-order valence-electron chi connectivity index (χ4n) is 3.79. The summed E-state index contributed by atoms with van der Waals surface area (Å²) < 4.78 is 37.0. The topological polar surface area (TPSA) is 96.2 Å². The molecule has 0 saturated heterocycles. The Morgan fingerprint density at radius 2 is 1.58 bits per heavy atom. The minimum atomic E-state index is -3.60. The van der Waals surface area contributed by atoms with Crippen molar-refractivity contribution in [1.29, 1.82) is 0 Å². The van der Waals surface area contributed by atoms with E-state index < -0.39 is 9.84 Å². The van der Waals surface area contributed by atoms with Gasteiger partial charge in [-0.05, 0) is 22.9 Å². The van der Waals surface area contributed by atoms with Crippen LogP contribution in [-0.2, 0) is 9.84 Å². The van der Waals surface area contributed by atoms with Crippen molar-refractivity contribution in [3.8, 4) is 28.7 Å². The highest BCUT2D eigenvalue weighted by molar-refractivity contribution is 7.90. The maximum absolute atomic E-state index is 12.1. The summed E-state index contributed by atoms with van der Waals surface area (Å²) in [7, 11) is -0.480. The van der Waals surface area contributed by atoms with Crippen molar-refractivity contribution in [1.82, 2.24) is 19.5 Å². The summed E-state index contributed by atoms with van der Waals surface area (Å²) >= 11 is 0. The Morgan fingerprint density at radius 1 is 0.848 bits per heavy atom. The largest absolute Gasteiger partial charge is 0.493 e. The van der Waals surface area contributed by atoms with Crippen molar-refractivity contribution in [2.24, 2.45) is 0 Å². The molecule has 0 bridgehead atoms. The highest BCUT2D eigenvalue weighted by atomic mass is 32.2. The van der Waals surface area contributed by atoms with Crippen LogP contribution in [0.3, 0.4) is 0 Å². The number of methoxy groups -OCH3 is 2. The van der Waals surface area contributed by atoms with Crippen LogP contribution in [0.5, 0.6) is 11.5 Å². The predicted octanol–water partition coefficient (Wildman–Crippen LogP) is 4.06. The Hall–Kier alpha value is -3.98. The normalized spacial score (nSPS) is 11.7. The van der Waals surface area contributed by atoms with Crippen LogP contribution in [0.4, 0.5) is 0 Å². The third-order valence-corrected chi connectivity index (χ3v) is 6.21. The average Bonchev–Trinajstić information content (AvgIpc) is 3.20. The maximum atomic E-state index is 12.1. The molecular formula is C24H20N4O4S. The van der Waals surface area contributed by atoms with E-state index in [-0.39, 0.29) is 5.16 Å². The molecule has 0 radical (unpaired) electrons. The Morgan fingerprint density at radius 3 is 2.30 bits per heavy atom. The molecule has 166 valence electrons. The smallest absolute Gasteiger partial charge is 0.248 e. The number of benzene rings is 3. The number of rotatable bonds is 5. The van der Waals surface area contributed by atoms with Gasteiger partial charge in [-0.3, -0.25) is 4.57 Å². The fourth-order valence-corrected chi connectivity index (χ4v) is 4.31. The number of hydrogen-bond acceptors (Lipinski definition) is 7. The Bertz CT molecular complexity index is 1630. The number of hydrogen-bond donors (Lipinski definition) is 0. The quantitative estimate of drug-likeness (QED) is 0.365. The second-order valence-electron chi connectivity index (χ2n) is 7.50. The first-order valence-corrected chi connectivity index (χ1v) is 12.0. The number of sulfone groups is 1. The standard InChI is InChI=1S/C24H20N4O4S/c1-31-20-13-18-19(14-21(20)32-2)28(22-10-11-25-24(27-22)33(3,29)30)23(26-18)17-9-8-15-6-4-5-7-16(15)12-17/h4-14H,1-3H3. The van der Waals surface area contributed by atoms with Crippen LogP contribution >= 0.6 is 0 Å². The number of nitrogens with zero attached hydrogens (tertiary/aromatic N) is 4. The summed E-state index contributed by atoms with van der Waals surface area (Å²) in [5.41, 5.74) is 2.19. The summed E-state index contributed by atoms with van der Waals surface area (Å²) in [6.45, 7) is 0. The number of fused-ring (bicyclic) bond motifs is 2. The molecule has 33 heavy (non-hydrogen) atoms. The number of imidazole rings is 1. The minimum absolute atomic E-state index is 0.258. The number of ether oxygens (including phenoxy) is 2. The van der Waals surface area contributed by atoms with Crippen molar-refractivity contribution in [3.05, 3.63) is 66.9 Å². The molecule has 0 aliphatic carbocycles. The molecule has 2 aromatic heterocycles. The second-order valence-corrected chi connectivity index (χ2v) is 9.41. The third kappa shape index (κ3) is 3.66. The van der Waals surface area contributed by atoms with Crippen LogP contribution in [0, 0.1) is 0 Å². The lowest BCUT2D eigenvalue weighted by molar-refractivity contribution is 0.355. The van der Waals surface area contributed by atoms with Crippen molar-refractivity contribution in [2.75, 3.05) is 20.5 Å². The van der Waals surface area contributed by atoms with Crippen molar-refractivity contribution < 1.29 is 17.9 Å². The zero-order chi connectivity index (χ0) is 23.2. The van der Waals surface area contributed by atoms with Gasteiger partial charge in [-0.15, -0.1) is 0 Å². The van der Waals surface area contributed by atoms with E-state index in [1.54, 1.807) is 37.0 Å². The Balaban J connectivity index is 1.85. The molecule has 5 rings (SSSR count). The van der Waals surface area contributed by atoms with Gasteiger partial charge in [0.15, 0.2) is 11.5 Å². The van der Waals surface area contributed by atoms with Gasteiger partial charge in [0.05, 0.1) is 25.3 Å². The molecule has 0 saturated carbocycles. The van der Waals surface area contributed by atoms with Gasteiger partial charge in [-0.25, -0.2) is 23.4 Å². The molecule has 0 unspecified atom stereocenters. The summed E-state index contributed by atoms with van der Waals surface area (Å²) in [5, 5.41) is 1.91. The van der Waals surface area contributed by atoms with Crippen LogP contribution < -0.4 is 9.47 Å². The van der Waals surface area contributed by atoms with Crippen LogP contribution in [0.15, 0.2) is 72.0 Å². The van der Waals surface area contributed by atoms with Gasteiger partial charge in [-0.1, -0.05) is 36.4 Å². The van der Waals surface area contributed by atoms with Gasteiger partial charge in [-0.2, -0.15) is 0 Å². The second kappa shape index (κ2) is 7.86. The van der Waals surface area contributed by atoms with Crippen LogP contribution in [0.2, 0.25) is 0 Å². The SMILES string of the molecule is COc1cc2nc(-c3ccc4ccccc4c3)n(-c3ccnc(S(C)(=O)=O)n3)c2cc1OC. The zero-order valence-electron chi connectivity index (χ0n) is 18.2. The van der Waals surface area contributed by atoms with Crippen molar-refractivity contribution >= 4 is 31.6 Å². The van der Waals surface area contributed by atoms with Gasteiger partial charge in [0.2, 0.25) is 15.0 Å². The highest BCUT2D eigenvalue weighted by Crippen LogP contribution is 2.36. The lowest BCUT2D eigenvalue weighted by atomic mass is 10.1. The van der Waals surface area contributed by atoms with E-state index in [0.717, 1.165) is 22.6 Å². The number of aromatic nitrogens is 4. The Labute approximate surface area is 190 Å². The van der Waals surface area contributed by atoms with E-state index in [4.69, 9.17) is 14.5 Å². The van der Waals surface area contributed by atoms with E-state index in [0.29, 0.717) is 34.2 Å². The van der Waals surface area contributed by atoms with E-state index in [1.807, 2.05) is 42.5 Å². The minimum Gasteiger partial charge on any atom is -0.493 e. The van der Waals surface area contributed by atoms with Gasteiger partial charge < -0.3 is 9.47 Å². The molecule has 0 aliphatic heterocycles. The van der Waals surface area contributed by atoms with Crippen molar-refractivity contribution in [3.63, 3.8) is 0 Å². The van der Waals surface area contributed by atoms with Gasteiger partial charge in [0.25, 0.3) is 0 Å². The first kappa shape index (κ1) is 20.9. The molecule has 8 nitrogen and oxygen atoms in total. The Kier molecular flexibility index (Phi) is 4.98. The summed E-state index contributed by atoms with van der Waals surface area (Å²) in [4.78, 5) is 13.1. The van der Waals surface area contributed by atoms with E-state index in [9.17, 15) is 8.42 Å². The van der Waals surface area contributed by atoms with E-state index >= 15 is 0 Å². The fraction of sp³-hybridized carbons (Fsp3) is 0.125. The van der Waals surface area contributed by atoms with Gasteiger partial charge >= 0.3 is 0 Å². The molecule has 2 heterocycles. The van der Waals surface area contributed by atoms with Gasteiger partial charge in [0.1, 0.15) is 11.6 Å². The average molecular weight is 461 g/mol. The molecule has 5 aromatic rings. The molecule has 0 amide bonds. The van der Waals surface area contributed by atoms with Crippen LogP contribution in [0.25, 0.3) is 39.0 Å². The molecule has 3 aromatic carbocycles. The summed E-state index contributed by atoms with van der Waals surface area (Å²) in [5.74, 6) is 2.04. The lowest BCUT2D eigenvalue weighted by Gasteiger charge is -2.11. The van der Waals surface area contributed by atoms with Gasteiger partial charge in [0, 0.05) is 30.1 Å². The zero-order valence-corrected chi connectivity index (χ0v) is 19.0. The summed E-state index contributed by atoms with van der Waals surface area (Å²) in [6.07, 6.45) is 2.51. The molecule has 0 N–H and O–H groups in total. The molecule has 0 atom stereocenters. The predicted molar refractivity (Wildman–Crippen MR) is 126 cm³/mol. The molecule has 9 heteroatoms. The van der Waals surface area contributed by atoms with Crippen LogP contribution in [-0.4, -0.2) is 48.4 Å². The molecule has 0 spiro atoms. The van der Waals surface area contributed by atoms with E-state index in [2.05, 4.69) is 9.97 Å². The maximum Gasteiger partial charge on any atom is 0.248 e. The highest BCUT2D eigenvalue weighted by Gasteiger charge is 2.20. The monoisotopic (exact) mass is 460 g/mol. The van der Waals surface area contributed by atoms with Crippen molar-refractivity contribution in [2.45, 2.75) is 5.16 Å². The first-order valence-electron chi connectivity index (χ1n) is 10.1. The van der Waals surface area contributed by atoms with E-state index in [1.165, 1.54) is 6.20 Å². The third-order valence-electron chi connectivity index (χ3n) is 5.35. The molecular weight excluding hydrogens is 440 g/mol. The lowest BCUT2D eigenvalue weighted by Crippen LogP contribution is -2.08. The molecule has 0 aliphatic rings. The van der Waals surface area contributed by atoms with Crippen LogP contribution in [0.1, 0.15) is 0 Å².